The van der Waals surface area contributed by atoms with Gasteiger partial charge in [-0.2, -0.15) is 0 Å². The van der Waals surface area contributed by atoms with E-state index in [2.05, 4.69) is 29.7 Å². The largest absolute Gasteiger partial charge is 0.508 e. The Morgan fingerprint density at radius 2 is 1.78 bits per heavy atom. The number of piperazine rings is 1. The van der Waals surface area contributed by atoms with Crippen molar-refractivity contribution in [3.63, 3.8) is 0 Å². The van der Waals surface area contributed by atoms with Crippen LogP contribution in [0.5, 0.6) is 11.5 Å². The molecule has 0 amide bonds. The van der Waals surface area contributed by atoms with Crippen molar-refractivity contribution in [3.8, 4) is 11.5 Å². The van der Waals surface area contributed by atoms with E-state index in [1.807, 2.05) is 24.3 Å². The van der Waals surface area contributed by atoms with Crippen molar-refractivity contribution in [1.82, 2.24) is 9.80 Å². The van der Waals surface area contributed by atoms with Gasteiger partial charge in [-0.15, -0.1) is 0 Å². The molecule has 4 rings (SSSR count). The van der Waals surface area contributed by atoms with E-state index in [1.165, 1.54) is 11.1 Å². The molecule has 2 heterocycles. The van der Waals surface area contributed by atoms with Crippen LogP contribution in [0.1, 0.15) is 31.4 Å². The maximum Gasteiger partial charge on any atom is 0.115 e. The summed E-state index contributed by atoms with van der Waals surface area (Å²) < 4.78 is 0. The Bertz CT molecular complexity index is 791. The van der Waals surface area contributed by atoms with Crippen molar-refractivity contribution >= 4 is 0 Å². The number of hydrogen-bond acceptors (Lipinski definition) is 4. The van der Waals surface area contributed by atoms with Crippen LogP contribution in [0.4, 0.5) is 0 Å². The highest BCUT2D eigenvalue weighted by atomic mass is 16.3. The standard InChI is InChI=1S/C23H30N2O2/c1-17-14-25-11-10-24(15-18-6-8-21(26)9-7-18)16-20(25)13-23(17,2)19-4-3-5-22(27)12-19/h3-9,12,17,20,26-27H,10-11,13-16H2,1-2H3. The normalized spacial score (nSPS) is 29.4. The number of phenolic OH excluding ortho intramolecular Hbond substituents is 2. The Hall–Kier alpha value is -2.04. The highest BCUT2D eigenvalue weighted by molar-refractivity contribution is 5.34. The molecular formula is C23H30N2O2. The highest BCUT2D eigenvalue weighted by Crippen LogP contribution is 2.43. The molecule has 2 aliphatic heterocycles. The van der Waals surface area contributed by atoms with Crippen LogP contribution in [0.3, 0.4) is 0 Å². The number of benzene rings is 2. The number of rotatable bonds is 3. The van der Waals surface area contributed by atoms with Gasteiger partial charge in [-0.25, -0.2) is 0 Å². The summed E-state index contributed by atoms with van der Waals surface area (Å²) in [6, 6.07) is 16.0. The van der Waals surface area contributed by atoms with Gasteiger partial charge in [-0.05, 0) is 53.1 Å². The maximum atomic E-state index is 9.97. The second-order valence-electron chi connectivity index (χ2n) is 8.62. The number of fused-ring (bicyclic) bond motifs is 1. The van der Waals surface area contributed by atoms with Crippen molar-refractivity contribution in [2.75, 3.05) is 26.2 Å². The minimum Gasteiger partial charge on any atom is -0.508 e. The molecule has 2 fully saturated rings. The van der Waals surface area contributed by atoms with Gasteiger partial charge < -0.3 is 10.2 Å². The van der Waals surface area contributed by atoms with Gasteiger partial charge in [0.25, 0.3) is 0 Å². The van der Waals surface area contributed by atoms with Gasteiger partial charge in [-0.3, -0.25) is 9.80 Å². The molecule has 3 unspecified atom stereocenters. The van der Waals surface area contributed by atoms with E-state index >= 15 is 0 Å². The quantitative estimate of drug-likeness (QED) is 0.872. The fourth-order valence-electron chi connectivity index (χ4n) is 4.90. The first kappa shape index (κ1) is 18.3. The summed E-state index contributed by atoms with van der Waals surface area (Å²) in [4.78, 5) is 5.19. The van der Waals surface area contributed by atoms with E-state index < -0.39 is 0 Å². The minimum absolute atomic E-state index is 0.0848. The molecule has 2 N–H and O–H groups in total. The Morgan fingerprint density at radius 3 is 2.52 bits per heavy atom. The molecular weight excluding hydrogens is 336 g/mol. The molecule has 0 spiro atoms. The lowest BCUT2D eigenvalue weighted by atomic mass is 9.65. The topological polar surface area (TPSA) is 46.9 Å². The minimum atomic E-state index is 0.0848. The lowest BCUT2D eigenvalue weighted by molar-refractivity contribution is -0.00558. The number of hydrogen-bond donors (Lipinski definition) is 2. The lowest BCUT2D eigenvalue weighted by Gasteiger charge is -2.53. The summed E-state index contributed by atoms with van der Waals surface area (Å²) in [5.74, 6) is 1.24. The van der Waals surface area contributed by atoms with Crippen LogP contribution >= 0.6 is 0 Å². The van der Waals surface area contributed by atoms with Gasteiger partial charge in [0.05, 0.1) is 0 Å². The Morgan fingerprint density at radius 1 is 1.00 bits per heavy atom. The van der Waals surface area contributed by atoms with E-state index in [0.717, 1.165) is 39.1 Å². The second-order valence-corrected chi connectivity index (χ2v) is 8.62. The van der Waals surface area contributed by atoms with E-state index in [0.29, 0.717) is 23.5 Å². The molecule has 4 nitrogen and oxygen atoms in total. The molecule has 0 bridgehead atoms. The molecule has 2 aromatic rings. The van der Waals surface area contributed by atoms with E-state index in [1.54, 1.807) is 18.2 Å². The summed E-state index contributed by atoms with van der Waals surface area (Å²) in [5, 5.41) is 19.5. The number of piperidine rings is 1. The molecule has 0 saturated carbocycles. The first-order valence-corrected chi connectivity index (χ1v) is 9.98. The molecule has 0 radical (unpaired) electrons. The predicted octanol–water partition coefficient (Wildman–Crippen LogP) is 3.58. The fraction of sp³-hybridized carbons (Fsp3) is 0.478. The molecule has 2 aliphatic rings. The van der Waals surface area contributed by atoms with Crippen LogP contribution in [0, 0.1) is 5.92 Å². The SMILES string of the molecule is CC1CN2CCN(Cc3ccc(O)cc3)CC2CC1(C)c1cccc(O)c1. The van der Waals surface area contributed by atoms with Gasteiger partial charge >= 0.3 is 0 Å². The molecule has 27 heavy (non-hydrogen) atoms. The van der Waals surface area contributed by atoms with Crippen LogP contribution in [0.25, 0.3) is 0 Å². The average Bonchev–Trinajstić information content (AvgIpc) is 2.65. The van der Waals surface area contributed by atoms with E-state index in [-0.39, 0.29) is 5.41 Å². The van der Waals surface area contributed by atoms with Crippen LogP contribution in [-0.2, 0) is 12.0 Å². The van der Waals surface area contributed by atoms with Crippen molar-refractivity contribution in [3.05, 3.63) is 59.7 Å². The Kier molecular flexibility index (Phi) is 4.87. The van der Waals surface area contributed by atoms with Crippen molar-refractivity contribution < 1.29 is 10.2 Å². The smallest absolute Gasteiger partial charge is 0.115 e. The fourth-order valence-corrected chi connectivity index (χ4v) is 4.90. The highest BCUT2D eigenvalue weighted by Gasteiger charge is 2.44. The lowest BCUT2D eigenvalue weighted by Crippen LogP contribution is -2.60. The predicted molar refractivity (Wildman–Crippen MR) is 108 cm³/mol. The monoisotopic (exact) mass is 366 g/mol. The third-order valence-corrected chi connectivity index (χ3v) is 6.79. The number of aromatic hydroxyl groups is 2. The summed E-state index contributed by atoms with van der Waals surface area (Å²) in [6.45, 7) is 10.0. The average molecular weight is 367 g/mol. The van der Waals surface area contributed by atoms with Crippen LogP contribution in [0.2, 0.25) is 0 Å². The maximum absolute atomic E-state index is 9.97. The van der Waals surface area contributed by atoms with Crippen LogP contribution < -0.4 is 0 Å². The first-order chi connectivity index (χ1) is 12.9. The second kappa shape index (κ2) is 7.17. The molecule has 3 atom stereocenters. The van der Waals surface area contributed by atoms with Crippen molar-refractivity contribution in [2.45, 2.75) is 38.3 Å². The summed E-state index contributed by atoms with van der Waals surface area (Å²) in [6.07, 6.45) is 1.11. The van der Waals surface area contributed by atoms with Gasteiger partial charge in [0.1, 0.15) is 11.5 Å². The third kappa shape index (κ3) is 3.69. The van der Waals surface area contributed by atoms with E-state index in [4.69, 9.17) is 0 Å². The van der Waals surface area contributed by atoms with Crippen LogP contribution in [-0.4, -0.2) is 52.2 Å². The van der Waals surface area contributed by atoms with Gasteiger partial charge in [0.15, 0.2) is 0 Å². The zero-order chi connectivity index (χ0) is 19.0. The molecule has 0 aromatic heterocycles. The molecule has 4 heteroatoms. The molecule has 144 valence electrons. The molecule has 2 aromatic carbocycles. The first-order valence-electron chi connectivity index (χ1n) is 9.98. The summed E-state index contributed by atoms with van der Waals surface area (Å²) in [5.41, 5.74) is 2.59. The Balaban J connectivity index is 1.49. The third-order valence-electron chi connectivity index (χ3n) is 6.79. The van der Waals surface area contributed by atoms with Gasteiger partial charge in [0.2, 0.25) is 0 Å². The zero-order valence-electron chi connectivity index (χ0n) is 16.3. The van der Waals surface area contributed by atoms with Crippen LogP contribution in [0.15, 0.2) is 48.5 Å². The summed E-state index contributed by atoms with van der Waals surface area (Å²) >= 11 is 0. The van der Waals surface area contributed by atoms with Gasteiger partial charge in [0, 0.05) is 38.8 Å². The van der Waals surface area contributed by atoms with E-state index in [9.17, 15) is 10.2 Å². The Labute approximate surface area is 162 Å². The van der Waals surface area contributed by atoms with Crippen molar-refractivity contribution in [1.29, 1.82) is 0 Å². The van der Waals surface area contributed by atoms with Crippen molar-refractivity contribution in [2.24, 2.45) is 5.92 Å². The number of phenols is 2. The number of nitrogens with zero attached hydrogens (tertiary/aromatic N) is 2. The molecule has 2 saturated heterocycles. The summed E-state index contributed by atoms with van der Waals surface area (Å²) in [7, 11) is 0. The zero-order valence-corrected chi connectivity index (χ0v) is 16.3. The molecule has 0 aliphatic carbocycles. The van der Waals surface area contributed by atoms with Gasteiger partial charge in [-0.1, -0.05) is 38.1 Å².